The zero-order chi connectivity index (χ0) is 12.1. The third-order valence-corrected chi connectivity index (χ3v) is 0.743. The molecule has 0 fully saturated rings. The Kier molecular flexibility index (Phi) is 18.2. The number of hydrogen-bond donors (Lipinski definition) is 1. The lowest BCUT2D eigenvalue weighted by Crippen LogP contribution is -2.03. The third-order valence-electron chi connectivity index (χ3n) is 0.743. The summed E-state index contributed by atoms with van der Waals surface area (Å²) >= 11 is 0. The lowest BCUT2D eigenvalue weighted by Gasteiger charge is -1.89. The maximum absolute atomic E-state index is 9.75. The molecule has 1 N–H and O–H groups in total. The van der Waals surface area contributed by atoms with Gasteiger partial charge >= 0.3 is 11.9 Å². The first-order valence-corrected chi connectivity index (χ1v) is 3.92. The molecule has 0 atom stereocenters. The Bertz CT molecular complexity index is 173. The summed E-state index contributed by atoms with van der Waals surface area (Å²) in [5.74, 6) is -1.30. The van der Waals surface area contributed by atoms with E-state index in [1.807, 2.05) is 0 Å². The number of aliphatic carboxylic acids is 1. The van der Waals surface area contributed by atoms with Crippen LogP contribution in [0.5, 0.6) is 0 Å². The Balaban J connectivity index is -0.000000147. The number of carbonyl (C=O) groups is 2. The Morgan fingerprint density at radius 2 is 1.64 bits per heavy atom. The van der Waals surface area contributed by atoms with Gasteiger partial charge in [0.15, 0.2) is 0 Å². The molecule has 0 saturated carbocycles. The molecule has 0 aromatic rings. The smallest absolute Gasteiger partial charge is 0.307 e. The second-order valence-corrected chi connectivity index (χ2v) is 2.27. The maximum Gasteiger partial charge on any atom is 0.307 e. The first-order valence-electron chi connectivity index (χ1n) is 3.92. The number of carbonyl (C=O) groups excluding carboxylic acids is 1. The molecule has 0 aromatic carbocycles. The molecular weight excluding hydrogens is 184 g/mol. The zero-order valence-electron chi connectivity index (χ0n) is 8.95. The summed E-state index contributed by atoms with van der Waals surface area (Å²) in [6.45, 7) is 13.8. The van der Waals surface area contributed by atoms with Crippen LogP contribution in [0.1, 0.15) is 20.8 Å². The van der Waals surface area contributed by atoms with Crippen LogP contribution in [0.15, 0.2) is 26.0 Å². The molecule has 0 aliphatic heterocycles. The highest BCUT2D eigenvalue weighted by Crippen LogP contribution is 1.87. The van der Waals surface area contributed by atoms with E-state index in [0.717, 1.165) is 6.26 Å². The van der Waals surface area contributed by atoms with E-state index in [-0.39, 0.29) is 11.9 Å². The fraction of sp³-hybridized carbons (Fsp3) is 0.400. The summed E-state index contributed by atoms with van der Waals surface area (Å²) in [5.41, 5.74) is 0. The van der Waals surface area contributed by atoms with Crippen LogP contribution < -0.4 is 0 Å². The van der Waals surface area contributed by atoms with Crippen molar-refractivity contribution in [3.05, 3.63) is 26.0 Å². The highest BCUT2D eigenvalue weighted by Gasteiger charge is 1.99. The summed E-state index contributed by atoms with van der Waals surface area (Å²) in [7, 11) is 0. The van der Waals surface area contributed by atoms with Crippen LogP contribution in [0.2, 0.25) is 0 Å². The fourth-order valence-corrected chi connectivity index (χ4v) is 0.117. The van der Waals surface area contributed by atoms with Gasteiger partial charge in [0.25, 0.3) is 0 Å². The van der Waals surface area contributed by atoms with Gasteiger partial charge in [0.1, 0.15) is 0 Å². The molecule has 0 bridgehead atoms. The molecule has 0 rings (SSSR count). The van der Waals surface area contributed by atoms with Crippen molar-refractivity contribution in [1.82, 2.24) is 0 Å². The van der Waals surface area contributed by atoms with Gasteiger partial charge in [0.2, 0.25) is 0 Å². The quantitative estimate of drug-likeness (QED) is 0.423. The molecule has 0 radical (unpaired) electrons. The third kappa shape index (κ3) is 31.5. The number of ether oxygens (including phenoxy) is 1. The molecular formula is C10H18O4. The van der Waals surface area contributed by atoms with Crippen molar-refractivity contribution in [1.29, 1.82) is 0 Å². The highest BCUT2D eigenvalue weighted by molar-refractivity contribution is 5.68. The monoisotopic (exact) mass is 202 g/mol. The van der Waals surface area contributed by atoms with Crippen molar-refractivity contribution < 1.29 is 19.4 Å². The van der Waals surface area contributed by atoms with Gasteiger partial charge in [0, 0.05) is 6.92 Å². The number of hydrogen-bond acceptors (Lipinski definition) is 3. The first-order chi connectivity index (χ1) is 6.41. The van der Waals surface area contributed by atoms with Gasteiger partial charge in [-0.25, -0.2) is 0 Å². The molecule has 0 unspecified atom stereocenters. The second-order valence-electron chi connectivity index (χ2n) is 2.27. The summed E-state index contributed by atoms with van der Waals surface area (Å²) < 4.78 is 4.17. The standard InChI is InChI=1S/C4H6O2.C4H8O2.C2H4/c1-3-6-4(2)5;1-3(2)4(5)6;1-2/h3H,1H2,2H3;3H,1-2H3,(H,5,6);1-2H2. The summed E-state index contributed by atoms with van der Waals surface area (Å²) in [5, 5.41) is 7.99. The van der Waals surface area contributed by atoms with Crippen LogP contribution in [0.3, 0.4) is 0 Å². The van der Waals surface area contributed by atoms with Crippen molar-refractivity contribution in [2.75, 3.05) is 0 Å². The average Bonchev–Trinajstić information content (AvgIpc) is 2.08. The first kappa shape index (κ1) is 18.3. The number of esters is 1. The summed E-state index contributed by atoms with van der Waals surface area (Å²) in [6, 6.07) is 0. The van der Waals surface area contributed by atoms with Gasteiger partial charge < -0.3 is 9.84 Å². The normalized spacial score (nSPS) is 7.14. The van der Waals surface area contributed by atoms with Gasteiger partial charge in [-0.2, -0.15) is 0 Å². The minimum atomic E-state index is -0.741. The lowest BCUT2D eigenvalue weighted by atomic mass is 10.2. The highest BCUT2D eigenvalue weighted by atomic mass is 16.5. The van der Waals surface area contributed by atoms with Crippen LogP contribution >= 0.6 is 0 Å². The minimum absolute atomic E-state index is 0.231. The van der Waals surface area contributed by atoms with E-state index in [9.17, 15) is 9.59 Å². The van der Waals surface area contributed by atoms with E-state index in [2.05, 4.69) is 24.5 Å². The Hall–Kier alpha value is -1.58. The average molecular weight is 202 g/mol. The summed E-state index contributed by atoms with van der Waals surface area (Å²) in [4.78, 5) is 19.4. The Labute approximate surface area is 84.9 Å². The van der Waals surface area contributed by atoms with Crippen molar-refractivity contribution >= 4 is 11.9 Å². The van der Waals surface area contributed by atoms with E-state index in [4.69, 9.17) is 5.11 Å². The minimum Gasteiger partial charge on any atom is -0.481 e. The van der Waals surface area contributed by atoms with E-state index in [1.54, 1.807) is 13.8 Å². The fourth-order valence-electron chi connectivity index (χ4n) is 0.117. The van der Waals surface area contributed by atoms with E-state index in [0.29, 0.717) is 0 Å². The largest absolute Gasteiger partial charge is 0.481 e. The topological polar surface area (TPSA) is 63.6 Å². The van der Waals surface area contributed by atoms with Crippen LogP contribution in [-0.4, -0.2) is 17.0 Å². The Morgan fingerprint density at radius 3 is 1.64 bits per heavy atom. The Morgan fingerprint density at radius 1 is 1.36 bits per heavy atom. The van der Waals surface area contributed by atoms with Gasteiger partial charge in [-0.05, 0) is 0 Å². The van der Waals surface area contributed by atoms with Gasteiger partial charge in [0.05, 0.1) is 12.2 Å². The number of rotatable bonds is 2. The number of carboxylic acids is 1. The molecule has 0 amide bonds. The predicted molar refractivity (Wildman–Crippen MR) is 55.7 cm³/mol. The van der Waals surface area contributed by atoms with Gasteiger partial charge in [-0.15, -0.1) is 13.2 Å². The van der Waals surface area contributed by atoms with Crippen LogP contribution in [-0.2, 0) is 14.3 Å². The zero-order valence-corrected chi connectivity index (χ0v) is 8.95. The molecule has 0 saturated heterocycles. The van der Waals surface area contributed by atoms with Crippen LogP contribution in [0.25, 0.3) is 0 Å². The molecule has 0 aliphatic carbocycles. The van der Waals surface area contributed by atoms with E-state index < -0.39 is 5.97 Å². The second kappa shape index (κ2) is 14.0. The number of carboxylic acid groups (broad SMARTS) is 1. The van der Waals surface area contributed by atoms with Gasteiger partial charge in [-0.3, -0.25) is 9.59 Å². The van der Waals surface area contributed by atoms with Crippen LogP contribution in [0, 0.1) is 5.92 Å². The van der Waals surface area contributed by atoms with Crippen molar-refractivity contribution in [2.24, 2.45) is 5.92 Å². The predicted octanol–water partition coefficient (Wildman–Crippen LogP) is 2.22. The van der Waals surface area contributed by atoms with Crippen molar-refractivity contribution in [2.45, 2.75) is 20.8 Å². The van der Waals surface area contributed by atoms with Crippen LogP contribution in [0.4, 0.5) is 0 Å². The molecule has 0 aliphatic rings. The molecule has 4 nitrogen and oxygen atoms in total. The molecule has 82 valence electrons. The van der Waals surface area contributed by atoms with Crippen molar-refractivity contribution in [3.8, 4) is 0 Å². The molecule has 0 aromatic heterocycles. The molecule has 14 heavy (non-hydrogen) atoms. The molecule has 4 heteroatoms. The SMILES string of the molecule is C=C.C=COC(C)=O.CC(C)C(=O)O. The van der Waals surface area contributed by atoms with Gasteiger partial charge in [-0.1, -0.05) is 20.4 Å². The van der Waals surface area contributed by atoms with E-state index in [1.165, 1.54) is 6.92 Å². The van der Waals surface area contributed by atoms with Crippen molar-refractivity contribution in [3.63, 3.8) is 0 Å². The van der Waals surface area contributed by atoms with E-state index >= 15 is 0 Å². The molecule has 0 heterocycles. The maximum atomic E-state index is 9.75. The lowest BCUT2D eigenvalue weighted by molar-refractivity contribution is -0.140. The summed E-state index contributed by atoms with van der Waals surface area (Å²) in [6.07, 6.45) is 1.10. The molecule has 0 spiro atoms.